The topological polar surface area (TPSA) is 55.8 Å². The predicted octanol–water partition coefficient (Wildman–Crippen LogP) is -0.491. The zero-order valence-electron chi connectivity index (χ0n) is 11.4. The molecule has 0 bridgehead atoms. The third-order valence-electron chi connectivity index (χ3n) is 3.94. The maximum absolute atomic E-state index is 12.5. The smallest absolute Gasteiger partial charge is 0.226 e. The predicted molar refractivity (Wildman–Crippen MR) is 70.3 cm³/mol. The van der Waals surface area contributed by atoms with Crippen molar-refractivity contribution in [2.75, 3.05) is 40.3 Å². The van der Waals surface area contributed by atoms with Gasteiger partial charge in [0.25, 0.3) is 0 Å². The molecule has 2 rings (SSSR count). The number of carbonyl (C=O) groups excluding carboxylic acids is 1. The van der Waals surface area contributed by atoms with E-state index in [1.165, 1.54) is 0 Å². The lowest BCUT2D eigenvalue weighted by Gasteiger charge is -2.31. The second-order valence-corrected chi connectivity index (χ2v) is 5.82. The summed E-state index contributed by atoms with van der Waals surface area (Å²) in [6, 6.07) is 0.178. The maximum atomic E-state index is 12.5. The van der Waals surface area contributed by atoms with Crippen molar-refractivity contribution in [1.82, 2.24) is 15.1 Å². The van der Waals surface area contributed by atoms with Gasteiger partial charge in [0.05, 0.1) is 6.10 Å². The summed E-state index contributed by atoms with van der Waals surface area (Å²) < 4.78 is 0. The van der Waals surface area contributed by atoms with Crippen LogP contribution in [0.15, 0.2) is 0 Å². The largest absolute Gasteiger partial charge is 0.391 e. The normalized spacial score (nSPS) is 30.1. The van der Waals surface area contributed by atoms with Gasteiger partial charge in [-0.25, -0.2) is 0 Å². The molecule has 2 aliphatic heterocycles. The fourth-order valence-electron chi connectivity index (χ4n) is 3.06. The van der Waals surface area contributed by atoms with Crippen LogP contribution in [0, 0.1) is 5.92 Å². The molecule has 0 spiro atoms. The number of carbonyl (C=O) groups is 1. The minimum atomic E-state index is -0.347. The highest BCUT2D eigenvalue weighted by atomic mass is 16.3. The van der Waals surface area contributed by atoms with Gasteiger partial charge in [-0.05, 0) is 46.4 Å². The third-order valence-corrected chi connectivity index (χ3v) is 3.94. The van der Waals surface area contributed by atoms with Gasteiger partial charge in [-0.3, -0.25) is 4.79 Å². The van der Waals surface area contributed by atoms with Gasteiger partial charge in [0.1, 0.15) is 0 Å². The molecule has 0 aliphatic carbocycles. The van der Waals surface area contributed by atoms with Crippen molar-refractivity contribution in [3.05, 3.63) is 0 Å². The van der Waals surface area contributed by atoms with E-state index in [1.54, 1.807) is 0 Å². The van der Waals surface area contributed by atoms with Crippen LogP contribution in [0.4, 0.5) is 0 Å². The third kappa shape index (κ3) is 3.22. The Bertz CT molecular complexity index is 290. The number of β-amino-alcohol motifs (C(OH)–C–C–N with tert-alkyl or cyclic N) is 1. The molecule has 0 aromatic rings. The van der Waals surface area contributed by atoms with Gasteiger partial charge in [-0.2, -0.15) is 0 Å². The van der Waals surface area contributed by atoms with Crippen molar-refractivity contribution in [3.63, 3.8) is 0 Å². The summed E-state index contributed by atoms with van der Waals surface area (Å²) in [6.07, 6.45) is 2.23. The molecule has 5 heteroatoms. The number of piperidine rings is 1. The summed E-state index contributed by atoms with van der Waals surface area (Å²) in [4.78, 5) is 16.5. The molecule has 0 saturated carbocycles. The number of likely N-dealkylation sites (N-methyl/N-ethyl adjacent to an activating group) is 1. The van der Waals surface area contributed by atoms with E-state index in [2.05, 4.69) is 10.2 Å². The second kappa shape index (κ2) is 5.99. The first kappa shape index (κ1) is 13.8. The number of aliphatic hydroxyl groups is 1. The van der Waals surface area contributed by atoms with Crippen LogP contribution < -0.4 is 5.32 Å². The van der Waals surface area contributed by atoms with Crippen LogP contribution in [-0.2, 0) is 4.79 Å². The van der Waals surface area contributed by atoms with Crippen LogP contribution in [0.2, 0.25) is 0 Å². The Kier molecular flexibility index (Phi) is 4.59. The maximum Gasteiger partial charge on any atom is 0.226 e. The SMILES string of the molecule is CN(C)CC1CC(O)CN1C(=O)C1CCNCC1. The lowest BCUT2D eigenvalue weighted by atomic mass is 9.96. The van der Waals surface area contributed by atoms with E-state index in [0.29, 0.717) is 6.54 Å². The molecule has 2 aliphatic rings. The van der Waals surface area contributed by atoms with E-state index in [0.717, 1.165) is 38.9 Å². The highest BCUT2D eigenvalue weighted by molar-refractivity contribution is 5.79. The average Bonchev–Trinajstić information content (AvgIpc) is 2.69. The van der Waals surface area contributed by atoms with E-state index in [9.17, 15) is 9.90 Å². The molecule has 5 nitrogen and oxygen atoms in total. The van der Waals surface area contributed by atoms with Crippen LogP contribution in [0.5, 0.6) is 0 Å². The molecule has 2 N–H and O–H groups in total. The van der Waals surface area contributed by atoms with Gasteiger partial charge in [-0.1, -0.05) is 0 Å². The Morgan fingerprint density at radius 3 is 2.67 bits per heavy atom. The lowest BCUT2D eigenvalue weighted by molar-refractivity contribution is -0.137. The fraction of sp³-hybridized carbons (Fsp3) is 0.923. The van der Waals surface area contributed by atoms with Crippen molar-refractivity contribution in [2.45, 2.75) is 31.4 Å². The number of rotatable bonds is 3. The number of likely N-dealkylation sites (tertiary alicyclic amines) is 1. The van der Waals surface area contributed by atoms with Crippen LogP contribution in [-0.4, -0.2) is 73.2 Å². The van der Waals surface area contributed by atoms with E-state index in [1.807, 2.05) is 19.0 Å². The first-order valence-electron chi connectivity index (χ1n) is 6.92. The zero-order valence-corrected chi connectivity index (χ0v) is 11.4. The van der Waals surface area contributed by atoms with Gasteiger partial charge < -0.3 is 20.2 Å². The lowest BCUT2D eigenvalue weighted by Crippen LogP contribution is -2.46. The van der Waals surface area contributed by atoms with Gasteiger partial charge in [0.2, 0.25) is 5.91 Å². The Balaban J connectivity index is 1.97. The molecule has 0 radical (unpaired) electrons. The van der Waals surface area contributed by atoms with Crippen molar-refractivity contribution < 1.29 is 9.90 Å². The Morgan fingerprint density at radius 2 is 2.06 bits per heavy atom. The van der Waals surface area contributed by atoms with E-state index in [-0.39, 0.29) is 24.0 Å². The van der Waals surface area contributed by atoms with Gasteiger partial charge in [0, 0.05) is 25.0 Å². The molecule has 1 amide bonds. The van der Waals surface area contributed by atoms with Crippen molar-refractivity contribution >= 4 is 5.91 Å². The molecule has 18 heavy (non-hydrogen) atoms. The summed E-state index contributed by atoms with van der Waals surface area (Å²) in [6.45, 7) is 3.23. The number of amides is 1. The first-order valence-corrected chi connectivity index (χ1v) is 6.92. The Labute approximate surface area is 109 Å². The standard InChI is InChI=1S/C13H25N3O2/c1-15(2)8-11-7-12(17)9-16(11)13(18)10-3-5-14-6-4-10/h10-12,14,17H,3-9H2,1-2H3. The Hall–Kier alpha value is -0.650. The van der Waals surface area contributed by atoms with Gasteiger partial charge >= 0.3 is 0 Å². The zero-order chi connectivity index (χ0) is 13.1. The van der Waals surface area contributed by atoms with E-state index >= 15 is 0 Å². The fourth-order valence-corrected chi connectivity index (χ4v) is 3.06. The minimum Gasteiger partial charge on any atom is -0.391 e. The summed E-state index contributed by atoms with van der Waals surface area (Å²) >= 11 is 0. The van der Waals surface area contributed by atoms with Crippen LogP contribution >= 0.6 is 0 Å². The monoisotopic (exact) mass is 255 g/mol. The average molecular weight is 255 g/mol. The van der Waals surface area contributed by atoms with Gasteiger partial charge in [0.15, 0.2) is 0 Å². The molecule has 2 fully saturated rings. The molecular formula is C13H25N3O2. The highest BCUT2D eigenvalue weighted by Gasteiger charge is 2.37. The quantitative estimate of drug-likeness (QED) is 0.714. The number of hydrogen-bond acceptors (Lipinski definition) is 4. The van der Waals surface area contributed by atoms with Crippen molar-refractivity contribution in [1.29, 1.82) is 0 Å². The summed E-state index contributed by atoms with van der Waals surface area (Å²) in [5, 5.41) is 13.1. The molecule has 2 saturated heterocycles. The number of aliphatic hydroxyl groups excluding tert-OH is 1. The number of hydrogen-bond donors (Lipinski definition) is 2. The van der Waals surface area contributed by atoms with Crippen molar-refractivity contribution in [3.8, 4) is 0 Å². The molecule has 0 aromatic heterocycles. The summed E-state index contributed by atoms with van der Waals surface area (Å²) in [5.74, 6) is 0.404. The summed E-state index contributed by atoms with van der Waals surface area (Å²) in [7, 11) is 4.02. The molecular weight excluding hydrogens is 230 g/mol. The molecule has 2 atom stereocenters. The molecule has 0 aromatic carbocycles. The number of nitrogens with zero attached hydrogens (tertiary/aromatic N) is 2. The van der Waals surface area contributed by atoms with Crippen molar-refractivity contribution in [2.24, 2.45) is 5.92 Å². The second-order valence-electron chi connectivity index (χ2n) is 5.82. The van der Waals surface area contributed by atoms with Gasteiger partial charge in [-0.15, -0.1) is 0 Å². The first-order chi connectivity index (χ1) is 8.58. The van der Waals surface area contributed by atoms with Crippen LogP contribution in [0.3, 0.4) is 0 Å². The molecule has 2 heterocycles. The summed E-state index contributed by atoms with van der Waals surface area (Å²) in [5.41, 5.74) is 0. The van der Waals surface area contributed by atoms with Crippen LogP contribution in [0.25, 0.3) is 0 Å². The van der Waals surface area contributed by atoms with Crippen LogP contribution in [0.1, 0.15) is 19.3 Å². The highest BCUT2D eigenvalue weighted by Crippen LogP contribution is 2.24. The minimum absolute atomic E-state index is 0.154. The molecule has 104 valence electrons. The molecule has 2 unspecified atom stereocenters. The van der Waals surface area contributed by atoms with E-state index in [4.69, 9.17) is 0 Å². The number of nitrogens with one attached hydrogen (secondary N) is 1. The Morgan fingerprint density at radius 1 is 1.39 bits per heavy atom. The van der Waals surface area contributed by atoms with E-state index < -0.39 is 0 Å².